The molecule has 1 unspecified atom stereocenters. The Morgan fingerprint density at radius 2 is 1.86 bits per heavy atom. The number of piperidine rings is 1. The van der Waals surface area contributed by atoms with Crippen molar-refractivity contribution in [2.75, 3.05) is 32.7 Å². The van der Waals surface area contributed by atoms with Crippen molar-refractivity contribution in [3.63, 3.8) is 0 Å². The number of likely N-dealkylation sites (tertiary alicyclic amines) is 1. The molecule has 3 rings (SSSR count). The van der Waals surface area contributed by atoms with E-state index in [2.05, 4.69) is 45.9 Å². The van der Waals surface area contributed by atoms with Gasteiger partial charge >= 0.3 is 0 Å². The van der Waals surface area contributed by atoms with Crippen LogP contribution >= 0.6 is 0 Å². The van der Waals surface area contributed by atoms with E-state index in [-0.39, 0.29) is 0 Å². The van der Waals surface area contributed by atoms with Gasteiger partial charge in [-0.2, -0.15) is 0 Å². The fraction of sp³-hybridized carbons (Fsp3) is 0.684. The first-order valence-electron chi connectivity index (χ1n) is 9.10. The number of nitrogens with one attached hydrogen (secondary N) is 2. The van der Waals surface area contributed by atoms with Crippen molar-refractivity contribution < 1.29 is 0 Å². The van der Waals surface area contributed by atoms with Crippen LogP contribution in [0.15, 0.2) is 30.3 Å². The van der Waals surface area contributed by atoms with Crippen molar-refractivity contribution in [2.45, 2.75) is 44.7 Å². The molecule has 2 aliphatic heterocycles. The second-order valence-corrected chi connectivity index (χ2v) is 7.02. The first-order chi connectivity index (χ1) is 10.9. The maximum absolute atomic E-state index is 3.84. The molecule has 22 heavy (non-hydrogen) atoms. The van der Waals surface area contributed by atoms with Gasteiger partial charge < -0.3 is 10.6 Å². The van der Waals surface area contributed by atoms with Crippen LogP contribution in [0.3, 0.4) is 0 Å². The van der Waals surface area contributed by atoms with Crippen molar-refractivity contribution in [1.82, 2.24) is 15.5 Å². The predicted octanol–water partition coefficient (Wildman–Crippen LogP) is 2.63. The van der Waals surface area contributed by atoms with E-state index in [0.717, 1.165) is 18.5 Å². The SMILES string of the molecule is c1ccc(CN2CCCCC(CNC3CCNCC3)C2)cc1. The van der Waals surface area contributed by atoms with Crippen LogP contribution in [0.2, 0.25) is 0 Å². The van der Waals surface area contributed by atoms with Crippen LogP contribution in [0.5, 0.6) is 0 Å². The van der Waals surface area contributed by atoms with Crippen LogP contribution in [0.4, 0.5) is 0 Å². The molecule has 2 aliphatic rings. The number of hydrogen-bond donors (Lipinski definition) is 2. The smallest absolute Gasteiger partial charge is 0.0233 e. The van der Waals surface area contributed by atoms with Crippen LogP contribution in [0, 0.1) is 5.92 Å². The summed E-state index contributed by atoms with van der Waals surface area (Å²) >= 11 is 0. The molecule has 0 bridgehead atoms. The summed E-state index contributed by atoms with van der Waals surface area (Å²) in [6, 6.07) is 11.7. The zero-order valence-electron chi connectivity index (χ0n) is 13.8. The normalized spacial score (nSPS) is 25.0. The molecule has 2 saturated heterocycles. The van der Waals surface area contributed by atoms with Gasteiger partial charge in [0.25, 0.3) is 0 Å². The van der Waals surface area contributed by atoms with Gasteiger partial charge in [-0.05, 0) is 63.3 Å². The minimum atomic E-state index is 0.743. The monoisotopic (exact) mass is 301 g/mol. The molecule has 0 aromatic heterocycles. The fourth-order valence-corrected chi connectivity index (χ4v) is 3.83. The standard InChI is InChI=1S/C19H31N3/c1-2-6-17(7-3-1)15-22-13-5-4-8-18(16-22)14-21-19-9-11-20-12-10-19/h1-3,6-7,18-21H,4-5,8-16H2. The van der Waals surface area contributed by atoms with Crippen molar-refractivity contribution in [1.29, 1.82) is 0 Å². The molecule has 3 heteroatoms. The molecule has 1 atom stereocenters. The molecule has 0 aliphatic carbocycles. The molecular weight excluding hydrogens is 270 g/mol. The van der Waals surface area contributed by atoms with Crippen molar-refractivity contribution >= 4 is 0 Å². The summed E-state index contributed by atoms with van der Waals surface area (Å²) in [5.41, 5.74) is 1.45. The third-order valence-corrected chi connectivity index (χ3v) is 5.14. The molecule has 1 aromatic rings. The maximum atomic E-state index is 3.84. The van der Waals surface area contributed by atoms with Gasteiger partial charge in [0, 0.05) is 19.1 Å². The minimum absolute atomic E-state index is 0.743. The Labute approximate surface area is 135 Å². The van der Waals surface area contributed by atoms with E-state index in [1.165, 1.54) is 70.4 Å². The molecule has 2 heterocycles. The fourth-order valence-electron chi connectivity index (χ4n) is 3.83. The molecule has 122 valence electrons. The Kier molecular flexibility index (Phi) is 6.29. The number of hydrogen-bond acceptors (Lipinski definition) is 3. The lowest BCUT2D eigenvalue weighted by Gasteiger charge is -2.28. The average Bonchev–Trinajstić information content (AvgIpc) is 2.80. The Bertz CT molecular complexity index is 414. The Balaban J connectivity index is 1.47. The Hall–Kier alpha value is -0.900. The first-order valence-corrected chi connectivity index (χ1v) is 9.10. The molecular formula is C19H31N3. The van der Waals surface area contributed by atoms with Gasteiger partial charge in [0.2, 0.25) is 0 Å². The molecule has 0 saturated carbocycles. The average molecular weight is 301 g/mol. The molecule has 3 nitrogen and oxygen atoms in total. The van der Waals surface area contributed by atoms with Gasteiger partial charge in [0.15, 0.2) is 0 Å². The molecule has 0 radical (unpaired) electrons. The largest absolute Gasteiger partial charge is 0.317 e. The van der Waals surface area contributed by atoms with E-state index >= 15 is 0 Å². The lowest BCUT2D eigenvalue weighted by Crippen LogP contribution is -2.43. The first kappa shape index (κ1) is 16.0. The lowest BCUT2D eigenvalue weighted by atomic mass is 10.0. The summed E-state index contributed by atoms with van der Waals surface area (Å²) in [6.07, 6.45) is 6.73. The van der Waals surface area contributed by atoms with Crippen LogP contribution in [-0.2, 0) is 6.54 Å². The van der Waals surface area contributed by atoms with Crippen LogP contribution in [0.25, 0.3) is 0 Å². The van der Waals surface area contributed by atoms with Crippen LogP contribution in [0.1, 0.15) is 37.7 Å². The van der Waals surface area contributed by atoms with Gasteiger partial charge in [0.05, 0.1) is 0 Å². The number of rotatable bonds is 5. The van der Waals surface area contributed by atoms with Gasteiger partial charge in [-0.15, -0.1) is 0 Å². The number of benzene rings is 1. The van der Waals surface area contributed by atoms with Crippen LogP contribution in [-0.4, -0.2) is 43.7 Å². The summed E-state index contributed by atoms with van der Waals surface area (Å²) in [7, 11) is 0. The van der Waals surface area contributed by atoms with Gasteiger partial charge in [-0.25, -0.2) is 0 Å². The lowest BCUT2D eigenvalue weighted by molar-refractivity contribution is 0.231. The third-order valence-electron chi connectivity index (χ3n) is 5.14. The molecule has 2 N–H and O–H groups in total. The highest BCUT2D eigenvalue weighted by atomic mass is 15.1. The molecule has 0 amide bonds. The summed E-state index contributed by atoms with van der Waals surface area (Å²) < 4.78 is 0. The summed E-state index contributed by atoms with van der Waals surface area (Å²) in [4.78, 5) is 2.66. The van der Waals surface area contributed by atoms with E-state index in [9.17, 15) is 0 Å². The van der Waals surface area contributed by atoms with Crippen LogP contribution < -0.4 is 10.6 Å². The Morgan fingerprint density at radius 1 is 1.05 bits per heavy atom. The second kappa shape index (κ2) is 8.66. The summed E-state index contributed by atoms with van der Waals surface area (Å²) in [6.45, 7) is 7.21. The van der Waals surface area contributed by atoms with Gasteiger partial charge in [0.1, 0.15) is 0 Å². The zero-order valence-corrected chi connectivity index (χ0v) is 13.8. The van der Waals surface area contributed by atoms with Crippen molar-refractivity contribution in [3.05, 3.63) is 35.9 Å². The van der Waals surface area contributed by atoms with E-state index in [4.69, 9.17) is 0 Å². The molecule has 0 spiro atoms. The topological polar surface area (TPSA) is 27.3 Å². The highest BCUT2D eigenvalue weighted by Crippen LogP contribution is 2.18. The summed E-state index contributed by atoms with van der Waals surface area (Å²) in [5, 5.41) is 7.29. The van der Waals surface area contributed by atoms with E-state index < -0.39 is 0 Å². The van der Waals surface area contributed by atoms with Gasteiger partial charge in [-0.1, -0.05) is 36.8 Å². The van der Waals surface area contributed by atoms with Gasteiger partial charge in [-0.3, -0.25) is 4.90 Å². The Morgan fingerprint density at radius 3 is 2.68 bits per heavy atom. The van der Waals surface area contributed by atoms with E-state index in [1.807, 2.05) is 0 Å². The van der Waals surface area contributed by atoms with E-state index in [1.54, 1.807) is 0 Å². The van der Waals surface area contributed by atoms with Crippen molar-refractivity contribution in [3.8, 4) is 0 Å². The maximum Gasteiger partial charge on any atom is 0.0233 e. The number of nitrogens with zero attached hydrogens (tertiary/aromatic N) is 1. The van der Waals surface area contributed by atoms with E-state index in [0.29, 0.717) is 0 Å². The highest BCUT2D eigenvalue weighted by Gasteiger charge is 2.20. The summed E-state index contributed by atoms with van der Waals surface area (Å²) in [5.74, 6) is 0.820. The third kappa shape index (κ3) is 5.08. The van der Waals surface area contributed by atoms with Crippen molar-refractivity contribution in [2.24, 2.45) is 5.92 Å². The molecule has 2 fully saturated rings. The quantitative estimate of drug-likeness (QED) is 0.875. The zero-order chi connectivity index (χ0) is 15.0. The minimum Gasteiger partial charge on any atom is -0.317 e. The second-order valence-electron chi connectivity index (χ2n) is 7.02. The predicted molar refractivity (Wildman–Crippen MR) is 93.0 cm³/mol. The molecule has 1 aromatic carbocycles. The highest BCUT2D eigenvalue weighted by molar-refractivity contribution is 5.14.